The minimum absolute atomic E-state index is 0.252. The highest BCUT2D eigenvalue weighted by Crippen LogP contribution is 2.19. The number of hydrogen-bond donors (Lipinski definition) is 1. The summed E-state index contributed by atoms with van der Waals surface area (Å²) in [7, 11) is 0. The minimum atomic E-state index is -0.602. The van der Waals surface area contributed by atoms with Gasteiger partial charge in [0, 0.05) is 4.47 Å². The summed E-state index contributed by atoms with van der Waals surface area (Å²) in [5.41, 5.74) is 6.46. The van der Waals surface area contributed by atoms with E-state index >= 15 is 0 Å². The Labute approximate surface area is 110 Å². The summed E-state index contributed by atoms with van der Waals surface area (Å²) in [4.78, 5) is 11.7. The fourth-order valence-corrected chi connectivity index (χ4v) is 1.67. The average Bonchev–Trinajstić information content (AvgIpc) is 2.23. The van der Waals surface area contributed by atoms with Gasteiger partial charge in [0.15, 0.2) is 0 Å². The van der Waals surface area contributed by atoms with Gasteiger partial charge in [0.1, 0.15) is 12.6 Å². The molecule has 1 aromatic rings. The van der Waals surface area contributed by atoms with Crippen LogP contribution < -0.4 is 5.73 Å². The van der Waals surface area contributed by atoms with Crippen molar-refractivity contribution in [1.29, 1.82) is 0 Å². The van der Waals surface area contributed by atoms with Crippen molar-refractivity contribution in [3.8, 4) is 0 Å². The lowest BCUT2D eigenvalue weighted by molar-refractivity contribution is -0.149. The van der Waals surface area contributed by atoms with E-state index in [0.717, 1.165) is 10.0 Å². The third-order valence-corrected chi connectivity index (χ3v) is 2.95. The number of benzene rings is 1. The maximum atomic E-state index is 11.7. The normalized spacial score (nSPS) is 13.2. The Morgan fingerprint density at radius 1 is 1.47 bits per heavy atom. The van der Waals surface area contributed by atoms with Crippen LogP contribution in [0, 0.1) is 5.41 Å². The van der Waals surface area contributed by atoms with Crippen molar-refractivity contribution in [2.75, 3.05) is 0 Å². The summed E-state index contributed by atoms with van der Waals surface area (Å²) in [5, 5.41) is 0. The van der Waals surface area contributed by atoms with Crippen LogP contribution in [0.3, 0.4) is 0 Å². The largest absolute Gasteiger partial charge is 0.460 e. The van der Waals surface area contributed by atoms with E-state index in [1.807, 2.05) is 45.0 Å². The summed E-state index contributed by atoms with van der Waals surface area (Å²) < 4.78 is 6.15. The maximum absolute atomic E-state index is 11.7. The number of halogens is 1. The van der Waals surface area contributed by atoms with Gasteiger partial charge in [-0.3, -0.25) is 4.79 Å². The molecule has 0 amide bonds. The number of hydrogen-bond acceptors (Lipinski definition) is 3. The van der Waals surface area contributed by atoms with Crippen LogP contribution in [0.15, 0.2) is 28.7 Å². The van der Waals surface area contributed by atoms with E-state index in [-0.39, 0.29) is 18.0 Å². The van der Waals surface area contributed by atoms with Gasteiger partial charge in [-0.1, -0.05) is 48.8 Å². The number of carbonyl (C=O) groups excluding carboxylic acids is 1. The molecule has 0 fully saturated rings. The van der Waals surface area contributed by atoms with E-state index in [2.05, 4.69) is 15.9 Å². The fourth-order valence-electron chi connectivity index (χ4n) is 1.22. The molecule has 0 aliphatic rings. The van der Waals surface area contributed by atoms with Crippen molar-refractivity contribution in [2.24, 2.45) is 11.1 Å². The van der Waals surface area contributed by atoms with Gasteiger partial charge in [0.05, 0.1) is 0 Å². The molecule has 2 N–H and O–H groups in total. The monoisotopic (exact) mass is 299 g/mol. The van der Waals surface area contributed by atoms with Gasteiger partial charge >= 0.3 is 5.97 Å². The molecule has 0 saturated heterocycles. The Morgan fingerprint density at radius 2 is 2.12 bits per heavy atom. The van der Waals surface area contributed by atoms with E-state index in [1.165, 1.54) is 0 Å². The van der Waals surface area contributed by atoms with E-state index in [4.69, 9.17) is 10.5 Å². The number of nitrogens with two attached hydrogens (primary N) is 1. The first-order valence-electron chi connectivity index (χ1n) is 5.47. The molecule has 1 rings (SSSR count). The van der Waals surface area contributed by atoms with E-state index in [1.54, 1.807) is 0 Å². The average molecular weight is 300 g/mol. The second-order valence-corrected chi connectivity index (χ2v) is 6.00. The highest BCUT2D eigenvalue weighted by Gasteiger charge is 2.28. The Balaban J connectivity index is 2.54. The van der Waals surface area contributed by atoms with Crippen LogP contribution >= 0.6 is 15.9 Å². The third kappa shape index (κ3) is 4.48. The molecule has 0 radical (unpaired) electrons. The van der Waals surface area contributed by atoms with Crippen molar-refractivity contribution >= 4 is 21.9 Å². The molecule has 17 heavy (non-hydrogen) atoms. The predicted octanol–water partition coefficient (Wildman–Crippen LogP) is 2.87. The van der Waals surface area contributed by atoms with Gasteiger partial charge in [-0.2, -0.15) is 0 Å². The Morgan fingerprint density at radius 3 is 2.65 bits per heavy atom. The first-order valence-corrected chi connectivity index (χ1v) is 6.26. The zero-order valence-corrected chi connectivity index (χ0v) is 12.0. The first-order chi connectivity index (χ1) is 7.80. The molecule has 0 aliphatic carbocycles. The van der Waals surface area contributed by atoms with Crippen molar-refractivity contribution in [2.45, 2.75) is 33.4 Å². The Hall–Kier alpha value is -0.870. The zero-order valence-electron chi connectivity index (χ0n) is 10.4. The molecule has 94 valence electrons. The Kier molecular flexibility index (Phi) is 4.71. The van der Waals surface area contributed by atoms with Gasteiger partial charge in [-0.25, -0.2) is 0 Å². The summed E-state index contributed by atoms with van der Waals surface area (Å²) in [5.74, 6) is -0.363. The second-order valence-electron chi connectivity index (χ2n) is 5.08. The van der Waals surface area contributed by atoms with Crippen LogP contribution in [-0.2, 0) is 16.1 Å². The van der Waals surface area contributed by atoms with E-state index in [0.29, 0.717) is 0 Å². The quantitative estimate of drug-likeness (QED) is 0.873. The zero-order chi connectivity index (χ0) is 13.1. The standard InChI is InChI=1S/C13H18BrNO2/c1-13(2,3)11(15)12(16)17-8-9-5-4-6-10(14)7-9/h4-7,11H,8,15H2,1-3H3/t11-/m1/s1. The van der Waals surface area contributed by atoms with Crippen molar-refractivity contribution in [3.63, 3.8) is 0 Å². The molecule has 0 aliphatic heterocycles. The predicted molar refractivity (Wildman–Crippen MR) is 71.4 cm³/mol. The lowest BCUT2D eigenvalue weighted by atomic mass is 9.87. The van der Waals surface area contributed by atoms with Crippen LogP contribution in [0.5, 0.6) is 0 Å². The minimum Gasteiger partial charge on any atom is -0.460 e. The highest BCUT2D eigenvalue weighted by molar-refractivity contribution is 9.10. The summed E-state index contributed by atoms with van der Waals surface area (Å²) in [6, 6.07) is 7.04. The molecule has 0 bridgehead atoms. The molecule has 0 aromatic heterocycles. The van der Waals surface area contributed by atoms with Crippen molar-refractivity contribution in [1.82, 2.24) is 0 Å². The van der Waals surface area contributed by atoms with Crippen LogP contribution in [-0.4, -0.2) is 12.0 Å². The number of esters is 1. The molecule has 0 saturated carbocycles. The molecule has 3 nitrogen and oxygen atoms in total. The summed E-state index contributed by atoms with van der Waals surface area (Å²) in [6.07, 6.45) is 0. The molecule has 1 aromatic carbocycles. The second kappa shape index (κ2) is 5.65. The lowest BCUT2D eigenvalue weighted by Gasteiger charge is -2.24. The third-order valence-electron chi connectivity index (χ3n) is 2.46. The SMILES string of the molecule is CC(C)(C)[C@H](N)C(=O)OCc1cccc(Br)c1. The van der Waals surface area contributed by atoms with Crippen LogP contribution in [0.25, 0.3) is 0 Å². The van der Waals surface area contributed by atoms with Gasteiger partial charge in [0.2, 0.25) is 0 Å². The van der Waals surface area contributed by atoms with Crippen molar-refractivity contribution in [3.05, 3.63) is 34.3 Å². The van der Waals surface area contributed by atoms with Crippen LogP contribution in [0.4, 0.5) is 0 Å². The molecule has 0 spiro atoms. The van der Waals surface area contributed by atoms with Gasteiger partial charge in [0.25, 0.3) is 0 Å². The summed E-state index contributed by atoms with van der Waals surface area (Å²) >= 11 is 3.36. The van der Waals surface area contributed by atoms with Crippen LogP contribution in [0.2, 0.25) is 0 Å². The van der Waals surface area contributed by atoms with Gasteiger partial charge in [-0.15, -0.1) is 0 Å². The maximum Gasteiger partial charge on any atom is 0.323 e. The molecular formula is C13H18BrNO2. The molecule has 0 unspecified atom stereocenters. The van der Waals surface area contributed by atoms with E-state index < -0.39 is 6.04 Å². The molecule has 1 atom stereocenters. The summed E-state index contributed by atoms with van der Waals surface area (Å²) in [6.45, 7) is 6.00. The first kappa shape index (κ1) is 14.2. The Bertz CT molecular complexity index is 399. The smallest absolute Gasteiger partial charge is 0.323 e. The molecule has 0 heterocycles. The lowest BCUT2D eigenvalue weighted by Crippen LogP contribution is -2.43. The topological polar surface area (TPSA) is 52.3 Å². The highest BCUT2D eigenvalue weighted by atomic mass is 79.9. The number of carbonyl (C=O) groups is 1. The number of ether oxygens (including phenoxy) is 1. The molecule has 4 heteroatoms. The van der Waals surface area contributed by atoms with E-state index in [9.17, 15) is 4.79 Å². The van der Waals surface area contributed by atoms with Crippen LogP contribution in [0.1, 0.15) is 26.3 Å². The van der Waals surface area contributed by atoms with Gasteiger partial charge in [-0.05, 0) is 23.1 Å². The number of rotatable bonds is 3. The van der Waals surface area contributed by atoms with Gasteiger partial charge < -0.3 is 10.5 Å². The fraction of sp³-hybridized carbons (Fsp3) is 0.462. The van der Waals surface area contributed by atoms with Crippen molar-refractivity contribution < 1.29 is 9.53 Å². The molecular weight excluding hydrogens is 282 g/mol.